The second kappa shape index (κ2) is 10.2. The lowest BCUT2D eigenvalue weighted by molar-refractivity contribution is 0.101. The van der Waals surface area contributed by atoms with Crippen molar-refractivity contribution in [1.29, 1.82) is 0 Å². The number of carbonyl (C=O) groups excluding carboxylic acids is 1. The number of aliphatic hydroxyl groups excluding tert-OH is 1. The lowest BCUT2D eigenvalue weighted by Gasteiger charge is -2.25. The molecule has 1 aromatic carbocycles. The average Bonchev–Trinajstić information content (AvgIpc) is 2.59. The Morgan fingerprint density at radius 3 is 3.00 bits per heavy atom. The van der Waals surface area contributed by atoms with E-state index < -0.39 is 0 Å². The minimum absolute atomic E-state index is 0.160. The van der Waals surface area contributed by atoms with Crippen molar-refractivity contribution in [1.82, 2.24) is 10.6 Å². The zero-order chi connectivity index (χ0) is 17.2. The van der Waals surface area contributed by atoms with Crippen LogP contribution >= 0.6 is 0 Å². The molecule has 2 amide bonds. The van der Waals surface area contributed by atoms with E-state index in [0.29, 0.717) is 19.0 Å². The van der Waals surface area contributed by atoms with E-state index in [0.717, 1.165) is 56.4 Å². The van der Waals surface area contributed by atoms with E-state index >= 15 is 0 Å². The van der Waals surface area contributed by atoms with Crippen LogP contribution in [0.2, 0.25) is 0 Å². The molecule has 0 spiro atoms. The van der Waals surface area contributed by atoms with Crippen molar-refractivity contribution < 1.29 is 14.6 Å². The molecule has 3 N–H and O–H groups in total. The van der Waals surface area contributed by atoms with Gasteiger partial charge in [-0.2, -0.15) is 0 Å². The number of rotatable bonds is 8. The van der Waals surface area contributed by atoms with Gasteiger partial charge in [0.05, 0.1) is 12.7 Å². The fourth-order valence-electron chi connectivity index (χ4n) is 3.01. The van der Waals surface area contributed by atoms with Crippen molar-refractivity contribution in [3.05, 3.63) is 29.8 Å². The Morgan fingerprint density at radius 1 is 1.33 bits per heavy atom. The summed E-state index contributed by atoms with van der Waals surface area (Å²) >= 11 is 0. The van der Waals surface area contributed by atoms with Gasteiger partial charge in [0.1, 0.15) is 5.75 Å². The molecule has 1 aliphatic rings. The standard InChI is InChI=1S/C19H30N2O3/c1-2-3-10-24-18-9-5-7-16(12-18)14-21-19(23)20-13-15-6-4-8-17(22)11-15/h5,7,9,12,15,17,22H,2-4,6,8,10-11,13-14H2,1H3,(H2,20,21,23). The fourth-order valence-corrected chi connectivity index (χ4v) is 3.01. The summed E-state index contributed by atoms with van der Waals surface area (Å²) in [6.45, 7) is 3.96. The monoisotopic (exact) mass is 334 g/mol. The van der Waals surface area contributed by atoms with E-state index in [1.54, 1.807) is 0 Å². The van der Waals surface area contributed by atoms with Gasteiger partial charge in [-0.25, -0.2) is 4.79 Å². The predicted octanol–water partition coefficient (Wildman–Crippen LogP) is 3.22. The first-order valence-electron chi connectivity index (χ1n) is 9.09. The molecule has 0 heterocycles. The topological polar surface area (TPSA) is 70.6 Å². The number of benzene rings is 1. The minimum Gasteiger partial charge on any atom is -0.494 e. The Morgan fingerprint density at radius 2 is 2.21 bits per heavy atom. The van der Waals surface area contributed by atoms with Crippen LogP contribution in [0.15, 0.2) is 24.3 Å². The summed E-state index contributed by atoms with van der Waals surface area (Å²) in [5.41, 5.74) is 1.02. The quantitative estimate of drug-likeness (QED) is 0.639. The molecular weight excluding hydrogens is 304 g/mol. The number of unbranched alkanes of at least 4 members (excludes halogenated alkanes) is 1. The molecule has 0 aliphatic heterocycles. The third kappa shape index (κ3) is 6.79. The number of nitrogens with one attached hydrogen (secondary N) is 2. The maximum Gasteiger partial charge on any atom is 0.315 e. The number of urea groups is 1. The van der Waals surface area contributed by atoms with Crippen LogP contribution in [0.25, 0.3) is 0 Å². The van der Waals surface area contributed by atoms with Crippen LogP contribution < -0.4 is 15.4 Å². The fraction of sp³-hybridized carbons (Fsp3) is 0.632. The van der Waals surface area contributed by atoms with Gasteiger partial charge in [0.2, 0.25) is 0 Å². The van der Waals surface area contributed by atoms with Crippen LogP contribution in [0.5, 0.6) is 5.75 Å². The van der Waals surface area contributed by atoms with Crippen molar-refractivity contribution in [3.8, 4) is 5.75 Å². The van der Waals surface area contributed by atoms with Crippen LogP contribution in [0.3, 0.4) is 0 Å². The third-order valence-corrected chi connectivity index (χ3v) is 4.42. The van der Waals surface area contributed by atoms with Crippen LogP contribution in [-0.2, 0) is 6.54 Å². The van der Waals surface area contributed by atoms with Gasteiger partial charge >= 0.3 is 6.03 Å². The summed E-state index contributed by atoms with van der Waals surface area (Å²) in [6, 6.07) is 7.66. The molecule has 134 valence electrons. The number of hydrogen-bond acceptors (Lipinski definition) is 3. The van der Waals surface area contributed by atoms with Crippen molar-refractivity contribution in [3.63, 3.8) is 0 Å². The Labute approximate surface area is 144 Å². The zero-order valence-corrected chi connectivity index (χ0v) is 14.6. The highest BCUT2D eigenvalue weighted by Crippen LogP contribution is 2.23. The summed E-state index contributed by atoms with van der Waals surface area (Å²) in [6.07, 6.45) is 5.75. The first kappa shape index (κ1) is 18.6. The maximum absolute atomic E-state index is 11.9. The Hall–Kier alpha value is -1.75. The molecule has 5 heteroatoms. The zero-order valence-electron chi connectivity index (χ0n) is 14.6. The van der Waals surface area contributed by atoms with Gasteiger partial charge < -0.3 is 20.5 Å². The first-order chi connectivity index (χ1) is 11.7. The van der Waals surface area contributed by atoms with Gasteiger partial charge in [-0.15, -0.1) is 0 Å². The summed E-state index contributed by atoms with van der Waals surface area (Å²) in [4.78, 5) is 11.9. The summed E-state index contributed by atoms with van der Waals surface area (Å²) < 4.78 is 5.68. The molecule has 0 bridgehead atoms. The SMILES string of the molecule is CCCCOc1cccc(CNC(=O)NCC2CCCC(O)C2)c1. The van der Waals surface area contributed by atoms with Crippen molar-refractivity contribution >= 4 is 6.03 Å². The summed E-state index contributed by atoms with van der Waals surface area (Å²) in [7, 11) is 0. The highest BCUT2D eigenvalue weighted by Gasteiger charge is 2.20. The normalized spacial score (nSPS) is 20.4. The summed E-state index contributed by atoms with van der Waals surface area (Å²) in [5, 5.41) is 15.4. The molecule has 2 rings (SSSR count). The molecule has 1 fully saturated rings. The van der Waals surface area contributed by atoms with E-state index in [-0.39, 0.29) is 12.1 Å². The first-order valence-corrected chi connectivity index (χ1v) is 9.09. The Balaban J connectivity index is 1.68. The van der Waals surface area contributed by atoms with Crippen LogP contribution in [-0.4, -0.2) is 30.4 Å². The molecule has 2 unspecified atom stereocenters. The van der Waals surface area contributed by atoms with E-state index in [9.17, 15) is 9.90 Å². The highest BCUT2D eigenvalue weighted by molar-refractivity contribution is 5.73. The van der Waals surface area contributed by atoms with E-state index in [1.165, 1.54) is 0 Å². The second-order valence-corrected chi connectivity index (χ2v) is 6.60. The van der Waals surface area contributed by atoms with E-state index in [1.807, 2.05) is 24.3 Å². The van der Waals surface area contributed by atoms with Crippen molar-refractivity contribution in [2.45, 2.75) is 58.1 Å². The highest BCUT2D eigenvalue weighted by atomic mass is 16.5. The largest absolute Gasteiger partial charge is 0.494 e. The smallest absolute Gasteiger partial charge is 0.315 e. The molecular formula is C19H30N2O3. The summed E-state index contributed by atoms with van der Waals surface area (Å²) in [5.74, 6) is 1.23. The van der Waals surface area contributed by atoms with Crippen molar-refractivity contribution in [2.24, 2.45) is 5.92 Å². The van der Waals surface area contributed by atoms with Gasteiger partial charge in [0, 0.05) is 13.1 Å². The lowest BCUT2D eigenvalue weighted by atomic mass is 9.87. The molecule has 0 aromatic heterocycles. The molecule has 2 atom stereocenters. The maximum atomic E-state index is 11.9. The van der Waals surface area contributed by atoms with Crippen LogP contribution in [0.1, 0.15) is 51.0 Å². The van der Waals surface area contributed by atoms with Gasteiger partial charge in [0.15, 0.2) is 0 Å². The number of carbonyl (C=O) groups is 1. The lowest BCUT2D eigenvalue weighted by Crippen LogP contribution is -2.39. The molecule has 1 aromatic rings. The minimum atomic E-state index is -0.205. The van der Waals surface area contributed by atoms with Gasteiger partial charge in [-0.05, 0) is 49.3 Å². The van der Waals surface area contributed by atoms with E-state index in [2.05, 4.69) is 17.6 Å². The molecule has 5 nitrogen and oxygen atoms in total. The van der Waals surface area contributed by atoms with Gasteiger partial charge in [-0.1, -0.05) is 31.9 Å². The van der Waals surface area contributed by atoms with Crippen molar-refractivity contribution in [2.75, 3.05) is 13.2 Å². The number of hydrogen-bond donors (Lipinski definition) is 3. The number of ether oxygens (including phenoxy) is 1. The Bertz CT molecular complexity index is 507. The molecule has 0 radical (unpaired) electrons. The van der Waals surface area contributed by atoms with Crippen LogP contribution in [0, 0.1) is 5.92 Å². The molecule has 1 aliphatic carbocycles. The average molecular weight is 334 g/mol. The molecule has 0 saturated heterocycles. The third-order valence-electron chi connectivity index (χ3n) is 4.42. The predicted molar refractivity (Wildman–Crippen MR) is 95.0 cm³/mol. The van der Waals surface area contributed by atoms with Gasteiger partial charge in [-0.3, -0.25) is 0 Å². The number of amides is 2. The molecule has 24 heavy (non-hydrogen) atoms. The number of aliphatic hydroxyl groups is 1. The Kier molecular flexibility index (Phi) is 7.89. The van der Waals surface area contributed by atoms with Gasteiger partial charge in [0.25, 0.3) is 0 Å². The van der Waals surface area contributed by atoms with E-state index in [4.69, 9.17) is 4.74 Å². The molecule has 1 saturated carbocycles. The second-order valence-electron chi connectivity index (χ2n) is 6.60. The van der Waals surface area contributed by atoms with Crippen LogP contribution in [0.4, 0.5) is 4.79 Å².